The molecule has 3 aromatic rings. The number of hydrogen-bond donors (Lipinski definition) is 3. The van der Waals surface area contributed by atoms with E-state index in [0.717, 1.165) is 11.1 Å². The van der Waals surface area contributed by atoms with Crippen LogP contribution in [0.1, 0.15) is 17.2 Å². The molecule has 0 spiro atoms. The number of hydrogen-bond acceptors (Lipinski definition) is 6. The second kappa shape index (κ2) is 9.65. The van der Waals surface area contributed by atoms with Gasteiger partial charge in [-0.2, -0.15) is 0 Å². The molecule has 1 aliphatic rings. The van der Waals surface area contributed by atoms with Crippen LogP contribution in [0.3, 0.4) is 0 Å². The van der Waals surface area contributed by atoms with Gasteiger partial charge in [0.05, 0.1) is 29.1 Å². The molecular formula is C21H20Cl2N4O4. The number of benzene rings is 2. The lowest BCUT2D eigenvalue weighted by molar-refractivity contribution is -0.122. The minimum Gasteiger partial charge on any atom is -0.370 e. The molecule has 1 aliphatic heterocycles. The van der Waals surface area contributed by atoms with E-state index < -0.39 is 5.76 Å². The molecule has 1 fully saturated rings. The first kappa shape index (κ1) is 21.6. The summed E-state index contributed by atoms with van der Waals surface area (Å²) in [5.41, 5.74) is 2.28. The third kappa shape index (κ3) is 5.34. The average molecular weight is 463 g/mol. The van der Waals surface area contributed by atoms with E-state index in [2.05, 4.69) is 25.3 Å². The SMILES string of the molecule is O=C(Cc1cccc(-c2noc(=O)[nH]2)c1)N[C@@H]1CNCCO[C@H]1c1ccc(Cl)c(Cl)c1. The predicted molar refractivity (Wildman–Crippen MR) is 116 cm³/mol. The van der Waals surface area contributed by atoms with Gasteiger partial charge in [-0.3, -0.25) is 14.3 Å². The Bertz CT molecular complexity index is 1130. The number of H-pyrrole nitrogens is 1. The van der Waals surface area contributed by atoms with Crippen molar-refractivity contribution in [3.05, 3.63) is 74.2 Å². The fourth-order valence-corrected chi connectivity index (χ4v) is 3.82. The molecule has 10 heteroatoms. The van der Waals surface area contributed by atoms with Crippen LogP contribution in [0.4, 0.5) is 0 Å². The average Bonchev–Trinajstić information content (AvgIpc) is 3.05. The second-order valence-electron chi connectivity index (χ2n) is 7.16. The summed E-state index contributed by atoms with van der Waals surface area (Å²) in [4.78, 5) is 26.5. The molecule has 162 valence electrons. The molecule has 0 bridgehead atoms. The summed E-state index contributed by atoms with van der Waals surface area (Å²) in [6.45, 7) is 1.74. The molecule has 0 unspecified atom stereocenters. The van der Waals surface area contributed by atoms with Crippen LogP contribution in [0.5, 0.6) is 0 Å². The third-order valence-electron chi connectivity index (χ3n) is 4.93. The van der Waals surface area contributed by atoms with Crippen molar-refractivity contribution in [2.45, 2.75) is 18.6 Å². The highest BCUT2D eigenvalue weighted by molar-refractivity contribution is 6.42. The van der Waals surface area contributed by atoms with E-state index in [1.165, 1.54) is 0 Å². The monoisotopic (exact) mass is 462 g/mol. The molecule has 0 aliphatic carbocycles. The molecule has 1 aromatic heterocycles. The summed E-state index contributed by atoms with van der Waals surface area (Å²) in [5, 5.41) is 10.9. The molecule has 3 N–H and O–H groups in total. The Morgan fingerprint density at radius 2 is 2.06 bits per heavy atom. The van der Waals surface area contributed by atoms with Crippen molar-refractivity contribution in [2.75, 3.05) is 19.7 Å². The van der Waals surface area contributed by atoms with E-state index in [1.54, 1.807) is 30.3 Å². The summed E-state index contributed by atoms with van der Waals surface area (Å²) in [7, 11) is 0. The first-order valence-corrected chi connectivity index (χ1v) is 10.5. The molecule has 0 radical (unpaired) electrons. The van der Waals surface area contributed by atoms with Crippen molar-refractivity contribution >= 4 is 29.1 Å². The number of ether oxygens (including phenoxy) is 1. The third-order valence-corrected chi connectivity index (χ3v) is 5.67. The van der Waals surface area contributed by atoms with Gasteiger partial charge < -0.3 is 15.4 Å². The Morgan fingerprint density at radius 1 is 1.19 bits per heavy atom. The van der Waals surface area contributed by atoms with Gasteiger partial charge in [0.1, 0.15) is 6.10 Å². The Balaban J connectivity index is 1.48. The smallest absolute Gasteiger partial charge is 0.370 e. The summed E-state index contributed by atoms with van der Waals surface area (Å²) in [6, 6.07) is 12.2. The zero-order valence-corrected chi connectivity index (χ0v) is 17.9. The Morgan fingerprint density at radius 3 is 2.84 bits per heavy atom. The Labute approximate surface area is 187 Å². The Hall–Kier alpha value is -2.65. The number of nitrogens with zero attached hydrogens (tertiary/aromatic N) is 1. The number of rotatable bonds is 5. The van der Waals surface area contributed by atoms with Gasteiger partial charge >= 0.3 is 5.76 Å². The summed E-state index contributed by atoms with van der Waals surface area (Å²) in [5.74, 6) is -0.478. The standard InChI is InChI=1S/C21H20Cl2N4O4/c22-15-5-4-13(10-16(15)23)19-17(11-24-6-7-30-19)25-18(28)9-12-2-1-3-14(8-12)20-26-21(29)31-27-20/h1-5,8,10,17,19,24H,6-7,9,11H2,(H,25,28)(H,26,27,29)/t17-,19+/m1/s1. The minimum atomic E-state index is -0.632. The predicted octanol–water partition coefficient (Wildman–Crippen LogP) is 2.73. The van der Waals surface area contributed by atoms with Crippen molar-refractivity contribution in [2.24, 2.45) is 0 Å². The number of aromatic nitrogens is 2. The molecule has 4 rings (SSSR count). The van der Waals surface area contributed by atoms with Gasteiger partial charge in [-0.1, -0.05) is 52.6 Å². The van der Waals surface area contributed by atoms with Crippen LogP contribution in [-0.4, -0.2) is 41.8 Å². The lowest BCUT2D eigenvalue weighted by Crippen LogP contribution is -2.45. The minimum absolute atomic E-state index is 0.153. The number of amides is 1. The van der Waals surface area contributed by atoms with Crippen molar-refractivity contribution in [1.29, 1.82) is 0 Å². The van der Waals surface area contributed by atoms with Gasteiger partial charge in [-0.25, -0.2) is 4.79 Å². The van der Waals surface area contributed by atoms with Crippen molar-refractivity contribution in [3.63, 3.8) is 0 Å². The maximum absolute atomic E-state index is 12.8. The van der Waals surface area contributed by atoms with Gasteiger partial charge in [0.15, 0.2) is 5.82 Å². The molecule has 1 saturated heterocycles. The van der Waals surface area contributed by atoms with E-state index in [-0.39, 0.29) is 24.5 Å². The maximum Gasteiger partial charge on any atom is 0.439 e. The van der Waals surface area contributed by atoms with Crippen molar-refractivity contribution in [1.82, 2.24) is 20.8 Å². The van der Waals surface area contributed by atoms with E-state index in [4.69, 9.17) is 27.9 Å². The van der Waals surface area contributed by atoms with E-state index >= 15 is 0 Å². The van der Waals surface area contributed by atoms with Gasteiger partial charge in [-0.15, -0.1) is 0 Å². The number of carbonyl (C=O) groups excluding carboxylic acids is 1. The molecule has 2 atom stereocenters. The molecule has 31 heavy (non-hydrogen) atoms. The Kier molecular flexibility index (Phi) is 6.72. The highest BCUT2D eigenvalue weighted by Crippen LogP contribution is 2.29. The quantitative estimate of drug-likeness (QED) is 0.537. The molecule has 2 aromatic carbocycles. The van der Waals surface area contributed by atoms with Gasteiger partial charge in [0.25, 0.3) is 0 Å². The summed E-state index contributed by atoms with van der Waals surface area (Å²) >= 11 is 12.2. The zero-order chi connectivity index (χ0) is 21.8. The largest absolute Gasteiger partial charge is 0.439 e. The van der Waals surface area contributed by atoms with Crippen LogP contribution >= 0.6 is 23.2 Å². The number of nitrogens with one attached hydrogen (secondary N) is 3. The molecule has 8 nitrogen and oxygen atoms in total. The van der Waals surface area contributed by atoms with Crippen LogP contribution in [0.2, 0.25) is 10.0 Å². The van der Waals surface area contributed by atoms with E-state index in [1.807, 2.05) is 12.1 Å². The summed E-state index contributed by atoms with van der Waals surface area (Å²) in [6.07, 6.45) is -0.208. The molecule has 2 heterocycles. The first-order chi connectivity index (χ1) is 15.0. The topological polar surface area (TPSA) is 109 Å². The molecule has 0 saturated carbocycles. The van der Waals surface area contributed by atoms with Crippen LogP contribution in [-0.2, 0) is 16.0 Å². The van der Waals surface area contributed by atoms with Gasteiger partial charge in [0.2, 0.25) is 5.91 Å². The lowest BCUT2D eigenvalue weighted by Gasteiger charge is -2.26. The van der Waals surface area contributed by atoms with Crippen LogP contribution in [0.15, 0.2) is 51.8 Å². The van der Waals surface area contributed by atoms with Crippen LogP contribution in [0, 0.1) is 0 Å². The van der Waals surface area contributed by atoms with Gasteiger partial charge in [-0.05, 0) is 29.3 Å². The van der Waals surface area contributed by atoms with E-state index in [0.29, 0.717) is 41.1 Å². The van der Waals surface area contributed by atoms with Crippen molar-refractivity contribution < 1.29 is 14.1 Å². The highest BCUT2D eigenvalue weighted by Gasteiger charge is 2.28. The second-order valence-corrected chi connectivity index (χ2v) is 7.98. The van der Waals surface area contributed by atoms with Gasteiger partial charge in [0, 0.05) is 18.7 Å². The fraction of sp³-hybridized carbons (Fsp3) is 0.286. The number of halogens is 2. The van der Waals surface area contributed by atoms with E-state index in [9.17, 15) is 9.59 Å². The molecule has 1 amide bonds. The first-order valence-electron chi connectivity index (χ1n) is 9.71. The number of carbonyl (C=O) groups is 1. The van der Waals surface area contributed by atoms with Crippen LogP contribution in [0.25, 0.3) is 11.4 Å². The summed E-state index contributed by atoms with van der Waals surface area (Å²) < 4.78 is 10.5. The normalized spacial score (nSPS) is 19.0. The maximum atomic E-state index is 12.8. The fourth-order valence-electron chi connectivity index (χ4n) is 3.51. The zero-order valence-electron chi connectivity index (χ0n) is 16.4. The van der Waals surface area contributed by atoms with Crippen molar-refractivity contribution in [3.8, 4) is 11.4 Å². The lowest BCUT2D eigenvalue weighted by atomic mass is 10.0. The molecular weight excluding hydrogens is 443 g/mol. The number of aromatic amines is 1. The highest BCUT2D eigenvalue weighted by atomic mass is 35.5. The van der Waals surface area contributed by atoms with Crippen LogP contribution < -0.4 is 16.4 Å².